The third-order valence-corrected chi connectivity index (χ3v) is 1.45. The van der Waals surface area contributed by atoms with Crippen LogP contribution in [0, 0.1) is 5.41 Å². The van der Waals surface area contributed by atoms with Gasteiger partial charge in [-0.25, -0.2) is 9.69 Å². The van der Waals surface area contributed by atoms with Crippen molar-refractivity contribution >= 4 is 12.0 Å². The fourth-order valence-corrected chi connectivity index (χ4v) is 0.982. The van der Waals surface area contributed by atoms with Gasteiger partial charge in [-0.05, 0) is 10.6 Å². The van der Waals surface area contributed by atoms with Crippen LogP contribution in [0.15, 0.2) is 10.9 Å². The van der Waals surface area contributed by atoms with Crippen molar-refractivity contribution in [2.45, 2.75) is 20.8 Å². The molecule has 0 spiro atoms. The lowest BCUT2D eigenvalue weighted by molar-refractivity contribution is 0.197. The van der Waals surface area contributed by atoms with Crippen LogP contribution in [-0.4, -0.2) is 27.9 Å². The Balaban J connectivity index is 2.82. The molecule has 0 aliphatic heterocycles. The van der Waals surface area contributed by atoms with E-state index in [1.807, 2.05) is 20.8 Å². The van der Waals surface area contributed by atoms with Gasteiger partial charge in [0.1, 0.15) is 0 Å². The fraction of sp³-hybridized carbons (Fsp3) is 0.625. The number of carbonyl (C=O) groups is 1. The molecule has 6 heteroatoms. The topological polar surface area (TPSA) is 79.5 Å². The predicted octanol–water partition coefficient (Wildman–Crippen LogP) is 1.60. The summed E-state index contributed by atoms with van der Waals surface area (Å²) in [6.07, 6.45) is 0.0230. The highest BCUT2D eigenvalue weighted by molar-refractivity contribution is 5.83. The van der Waals surface area contributed by atoms with Crippen molar-refractivity contribution in [3.8, 4) is 0 Å². The van der Waals surface area contributed by atoms with Gasteiger partial charge in [-0.2, -0.15) is 4.98 Å². The molecular weight excluding hydrogens is 186 g/mol. The van der Waals surface area contributed by atoms with Crippen molar-refractivity contribution in [1.82, 2.24) is 10.1 Å². The zero-order chi connectivity index (χ0) is 10.8. The van der Waals surface area contributed by atoms with Crippen LogP contribution in [0.4, 0.5) is 10.7 Å². The number of carboxylic acid groups (broad SMARTS) is 1. The van der Waals surface area contributed by atoms with Crippen LogP contribution in [0.5, 0.6) is 0 Å². The molecule has 0 aliphatic carbocycles. The standard InChI is InChI=1S/C8H13N3O3/c1-8(2,3)4-11(7(12)13)6-9-5-14-10-6/h5H,4H2,1-3H3,(H,12,13). The SMILES string of the molecule is CC(C)(C)CN(C(=O)O)c1ncon1. The van der Waals surface area contributed by atoms with Gasteiger partial charge in [0.05, 0.1) is 0 Å². The molecule has 0 aliphatic rings. The highest BCUT2D eigenvalue weighted by Gasteiger charge is 2.24. The lowest BCUT2D eigenvalue weighted by atomic mass is 9.96. The number of amides is 1. The Kier molecular flexibility index (Phi) is 2.73. The summed E-state index contributed by atoms with van der Waals surface area (Å²) in [5.41, 5.74) is -0.154. The summed E-state index contributed by atoms with van der Waals surface area (Å²) in [5.74, 6) is 0.0763. The number of hydrogen-bond acceptors (Lipinski definition) is 4. The first-order valence-corrected chi connectivity index (χ1v) is 4.17. The van der Waals surface area contributed by atoms with Gasteiger partial charge in [0, 0.05) is 6.54 Å². The van der Waals surface area contributed by atoms with Crippen LogP contribution < -0.4 is 4.90 Å². The van der Waals surface area contributed by atoms with Crippen LogP contribution >= 0.6 is 0 Å². The molecule has 1 aromatic heterocycles. The zero-order valence-electron chi connectivity index (χ0n) is 8.39. The smallest absolute Gasteiger partial charge is 0.414 e. The van der Waals surface area contributed by atoms with Gasteiger partial charge in [-0.1, -0.05) is 20.8 Å². The molecule has 0 saturated carbocycles. The average Bonchev–Trinajstić information content (AvgIpc) is 2.49. The van der Waals surface area contributed by atoms with E-state index in [4.69, 9.17) is 5.11 Å². The van der Waals surface area contributed by atoms with Gasteiger partial charge in [-0.3, -0.25) is 0 Å². The summed E-state index contributed by atoms with van der Waals surface area (Å²) in [6.45, 7) is 6.12. The Morgan fingerprint density at radius 1 is 1.64 bits per heavy atom. The minimum absolute atomic E-state index is 0.0763. The Morgan fingerprint density at radius 2 is 2.29 bits per heavy atom. The highest BCUT2D eigenvalue weighted by Crippen LogP contribution is 2.18. The van der Waals surface area contributed by atoms with Crippen molar-refractivity contribution in [2.75, 3.05) is 11.4 Å². The molecule has 78 valence electrons. The molecule has 1 N–H and O–H groups in total. The van der Waals surface area contributed by atoms with E-state index in [0.717, 1.165) is 11.3 Å². The predicted molar refractivity (Wildman–Crippen MR) is 49.1 cm³/mol. The quantitative estimate of drug-likeness (QED) is 0.782. The molecule has 14 heavy (non-hydrogen) atoms. The van der Waals surface area contributed by atoms with Crippen molar-refractivity contribution in [1.29, 1.82) is 0 Å². The van der Waals surface area contributed by atoms with Crippen LogP contribution in [0.25, 0.3) is 0 Å². The Bertz CT molecular complexity index is 302. The minimum Gasteiger partial charge on any atom is -0.465 e. The molecule has 0 atom stereocenters. The molecule has 0 fully saturated rings. The van der Waals surface area contributed by atoms with Gasteiger partial charge in [-0.15, -0.1) is 0 Å². The van der Waals surface area contributed by atoms with E-state index in [2.05, 4.69) is 14.7 Å². The van der Waals surface area contributed by atoms with Gasteiger partial charge in [0.15, 0.2) is 0 Å². The summed E-state index contributed by atoms with van der Waals surface area (Å²) >= 11 is 0. The lowest BCUT2D eigenvalue weighted by Gasteiger charge is -2.24. The fourth-order valence-electron chi connectivity index (χ4n) is 0.982. The zero-order valence-corrected chi connectivity index (χ0v) is 8.39. The molecule has 1 amide bonds. The molecule has 0 saturated heterocycles. The van der Waals surface area contributed by atoms with Crippen LogP contribution in [0.2, 0.25) is 0 Å². The highest BCUT2D eigenvalue weighted by atomic mass is 16.5. The second-order valence-corrected chi connectivity index (χ2v) is 4.16. The van der Waals surface area contributed by atoms with Gasteiger partial charge < -0.3 is 9.63 Å². The molecule has 0 unspecified atom stereocenters. The molecule has 1 rings (SSSR count). The van der Waals surface area contributed by atoms with E-state index in [-0.39, 0.29) is 11.4 Å². The Hall–Kier alpha value is -1.59. The molecule has 0 aromatic carbocycles. The van der Waals surface area contributed by atoms with Crippen molar-refractivity contribution in [3.05, 3.63) is 6.39 Å². The van der Waals surface area contributed by atoms with Crippen molar-refractivity contribution in [3.63, 3.8) is 0 Å². The Labute approximate surface area is 81.5 Å². The van der Waals surface area contributed by atoms with Crippen LogP contribution in [-0.2, 0) is 0 Å². The summed E-state index contributed by atoms with van der Waals surface area (Å²) in [4.78, 5) is 15.6. The van der Waals surface area contributed by atoms with Gasteiger partial charge in [0.25, 0.3) is 5.95 Å². The van der Waals surface area contributed by atoms with Crippen molar-refractivity contribution in [2.24, 2.45) is 5.41 Å². The lowest BCUT2D eigenvalue weighted by Crippen LogP contribution is -2.37. The first-order chi connectivity index (χ1) is 6.40. The maximum absolute atomic E-state index is 10.9. The summed E-state index contributed by atoms with van der Waals surface area (Å²) in [5, 5.41) is 12.4. The van der Waals surface area contributed by atoms with E-state index in [1.165, 1.54) is 0 Å². The number of aromatic nitrogens is 2. The first kappa shape index (κ1) is 10.5. The van der Waals surface area contributed by atoms with E-state index >= 15 is 0 Å². The van der Waals surface area contributed by atoms with Gasteiger partial charge in [0.2, 0.25) is 6.39 Å². The van der Waals surface area contributed by atoms with E-state index in [9.17, 15) is 4.79 Å². The molecule has 0 radical (unpaired) electrons. The van der Waals surface area contributed by atoms with E-state index in [1.54, 1.807) is 0 Å². The molecular formula is C8H13N3O3. The normalized spacial score (nSPS) is 11.4. The molecule has 6 nitrogen and oxygen atoms in total. The van der Waals surface area contributed by atoms with Crippen LogP contribution in [0.1, 0.15) is 20.8 Å². The summed E-state index contributed by atoms with van der Waals surface area (Å²) in [7, 11) is 0. The third kappa shape index (κ3) is 2.72. The Morgan fingerprint density at radius 3 is 2.64 bits per heavy atom. The van der Waals surface area contributed by atoms with E-state index < -0.39 is 6.09 Å². The first-order valence-electron chi connectivity index (χ1n) is 4.17. The minimum atomic E-state index is -1.08. The second kappa shape index (κ2) is 3.65. The molecule has 1 heterocycles. The maximum Gasteiger partial charge on any atom is 0.414 e. The summed E-state index contributed by atoms with van der Waals surface area (Å²) < 4.78 is 4.49. The average molecular weight is 199 g/mol. The third-order valence-electron chi connectivity index (χ3n) is 1.45. The molecule has 0 bridgehead atoms. The number of rotatable bonds is 2. The monoisotopic (exact) mass is 199 g/mol. The molecule has 1 aromatic rings. The second-order valence-electron chi connectivity index (χ2n) is 4.16. The van der Waals surface area contributed by atoms with Crippen LogP contribution in [0.3, 0.4) is 0 Å². The largest absolute Gasteiger partial charge is 0.465 e. The van der Waals surface area contributed by atoms with Crippen molar-refractivity contribution < 1.29 is 14.4 Å². The maximum atomic E-state index is 10.9. The number of anilines is 1. The number of nitrogens with zero attached hydrogens (tertiary/aromatic N) is 3. The van der Waals surface area contributed by atoms with Gasteiger partial charge >= 0.3 is 6.09 Å². The summed E-state index contributed by atoms with van der Waals surface area (Å²) in [6, 6.07) is 0. The van der Waals surface area contributed by atoms with E-state index in [0.29, 0.717) is 6.54 Å². The number of hydrogen-bond donors (Lipinski definition) is 1.